The molecule has 1 aromatic carbocycles. The highest BCUT2D eigenvalue weighted by atomic mass is 35.5. The maximum absolute atomic E-state index is 12.9. The minimum atomic E-state index is -4.48. The van der Waals surface area contributed by atoms with Crippen LogP contribution in [0.15, 0.2) is 30.3 Å². The predicted octanol–water partition coefficient (Wildman–Crippen LogP) is 3.36. The van der Waals surface area contributed by atoms with Crippen molar-refractivity contribution in [1.82, 2.24) is 4.90 Å². The summed E-state index contributed by atoms with van der Waals surface area (Å²) in [5.41, 5.74) is 0.888. The van der Waals surface area contributed by atoms with E-state index in [9.17, 15) is 18.0 Å². The van der Waals surface area contributed by atoms with Gasteiger partial charge in [-0.15, -0.1) is 12.4 Å². The second-order valence-corrected chi connectivity index (χ2v) is 5.13. The van der Waals surface area contributed by atoms with Gasteiger partial charge in [-0.1, -0.05) is 30.3 Å². The van der Waals surface area contributed by atoms with E-state index >= 15 is 0 Å². The molecule has 1 fully saturated rings. The fraction of sp³-hybridized carbons (Fsp3) is 0.500. The molecule has 118 valence electrons. The lowest BCUT2D eigenvalue weighted by Crippen LogP contribution is -2.33. The van der Waals surface area contributed by atoms with Gasteiger partial charge in [-0.25, -0.2) is 0 Å². The molecule has 1 heterocycles. The van der Waals surface area contributed by atoms with Crippen LogP contribution in [0.1, 0.15) is 18.5 Å². The van der Waals surface area contributed by atoms with Gasteiger partial charge in [-0.2, -0.15) is 13.2 Å². The summed E-state index contributed by atoms with van der Waals surface area (Å²) < 4.78 is 38.8. The van der Waals surface area contributed by atoms with Crippen molar-refractivity contribution >= 4 is 18.4 Å². The summed E-state index contributed by atoms with van der Waals surface area (Å²) in [6.45, 7) is 1.46. The molecule has 0 spiro atoms. The second-order valence-electron chi connectivity index (χ2n) is 5.13. The van der Waals surface area contributed by atoms with E-state index in [0.717, 1.165) is 5.56 Å². The van der Waals surface area contributed by atoms with Crippen LogP contribution in [0.3, 0.4) is 0 Å². The fourth-order valence-electron chi connectivity index (χ4n) is 2.67. The molecule has 1 saturated heterocycles. The number of carboxylic acid groups (broad SMARTS) is 1. The number of likely N-dealkylation sites (tertiary alicyclic amines) is 1. The van der Waals surface area contributed by atoms with Gasteiger partial charge in [0.25, 0.3) is 0 Å². The molecule has 1 aliphatic rings. The first-order valence-corrected chi connectivity index (χ1v) is 6.39. The molecular weight excluding hydrogens is 307 g/mol. The van der Waals surface area contributed by atoms with E-state index in [0.29, 0.717) is 0 Å². The van der Waals surface area contributed by atoms with Crippen molar-refractivity contribution in [3.05, 3.63) is 35.9 Å². The van der Waals surface area contributed by atoms with Crippen LogP contribution in [0.4, 0.5) is 13.2 Å². The Bertz CT molecular complexity index is 481. The van der Waals surface area contributed by atoms with Gasteiger partial charge in [-0.3, -0.25) is 9.69 Å². The molecule has 1 aromatic rings. The topological polar surface area (TPSA) is 40.5 Å². The van der Waals surface area contributed by atoms with E-state index < -0.39 is 24.0 Å². The number of rotatable bonds is 3. The Morgan fingerprint density at radius 2 is 1.86 bits per heavy atom. The summed E-state index contributed by atoms with van der Waals surface area (Å²) in [5, 5.41) is 8.99. The van der Waals surface area contributed by atoms with Crippen LogP contribution in [-0.2, 0) is 4.79 Å². The molecule has 1 unspecified atom stereocenters. The first kappa shape index (κ1) is 17.8. The van der Waals surface area contributed by atoms with Crippen molar-refractivity contribution in [3.63, 3.8) is 0 Å². The SMILES string of the molecule is CC(c1ccccc1)N1C[C@@H](C(F)(F)F)[C@H](C(=O)O)C1.Cl. The molecule has 2 rings (SSSR count). The van der Waals surface area contributed by atoms with Crippen LogP contribution >= 0.6 is 12.4 Å². The molecule has 1 aliphatic heterocycles. The smallest absolute Gasteiger partial charge is 0.393 e. The molecule has 1 N–H and O–H groups in total. The predicted molar refractivity (Wildman–Crippen MR) is 74.3 cm³/mol. The van der Waals surface area contributed by atoms with E-state index in [-0.39, 0.29) is 31.5 Å². The number of benzene rings is 1. The number of carboxylic acids is 1. The molecule has 21 heavy (non-hydrogen) atoms. The number of nitrogens with zero attached hydrogens (tertiary/aromatic N) is 1. The lowest BCUT2D eigenvalue weighted by Gasteiger charge is -2.25. The van der Waals surface area contributed by atoms with Crippen LogP contribution in [0.2, 0.25) is 0 Å². The Labute approximate surface area is 127 Å². The van der Waals surface area contributed by atoms with Crippen LogP contribution < -0.4 is 0 Å². The second kappa shape index (κ2) is 6.66. The maximum atomic E-state index is 12.9. The van der Waals surface area contributed by atoms with Crippen molar-refractivity contribution in [2.45, 2.75) is 19.1 Å². The normalized spacial score (nSPS) is 24.4. The average Bonchev–Trinajstić information content (AvgIpc) is 2.84. The summed E-state index contributed by atoms with van der Waals surface area (Å²) in [7, 11) is 0. The molecule has 0 radical (unpaired) electrons. The van der Waals surface area contributed by atoms with Gasteiger partial charge in [0.15, 0.2) is 0 Å². The van der Waals surface area contributed by atoms with Gasteiger partial charge in [-0.05, 0) is 12.5 Å². The number of alkyl halides is 3. The zero-order chi connectivity index (χ0) is 14.9. The third kappa shape index (κ3) is 3.89. The third-order valence-electron chi connectivity index (χ3n) is 3.92. The van der Waals surface area contributed by atoms with Crippen molar-refractivity contribution in [2.75, 3.05) is 13.1 Å². The molecule has 0 bridgehead atoms. The van der Waals surface area contributed by atoms with Gasteiger partial charge in [0.1, 0.15) is 0 Å². The van der Waals surface area contributed by atoms with Crippen LogP contribution in [0.25, 0.3) is 0 Å². The van der Waals surface area contributed by atoms with E-state index in [1.54, 1.807) is 11.8 Å². The lowest BCUT2D eigenvalue weighted by molar-refractivity contribution is -0.188. The van der Waals surface area contributed by atoms with Gasteiger partial charge in [0.2, 0.25) is 0 Å². The zero-order valence-corrected chi connectivity index (χ0v) is 12.2. The Kier molecular flexibility index (Phi) is 5.64. The van der Waals surface area contributed by atoms with Crippen molar-refractivity contribution < 1.29 is 23.1 Å². The summed E-state index contributed by atoms with van der Waals surface area (Å²) in [6.07, 6.45) is -4.48. The number of hydrogen-bond donors (Lipinski definition) is 1. The fourth-order valence-corrected chi connectivity index (χ4v) is 2.67. The average molecular weight is 324 g/mol. The van der Waals surface area contributed by atoms with Gasteiger partial charge in [0.05, 0.1) is 11.8 Å². The zero-order valence-electron chi connectivity index (χ0n) is 11.4. The van der Waals surface area contributed by atoms with Gasteiger partial charge < -0.3 is 5.11 Å². The minimum Gasteiger partial charge on any atom is -0.481 e. The number of halogens is 4. The van der Waals surface area contributed by atoms with E-state index in [1.165, 1.54) is 0 Å². The summed E-state index contributed by atoms with van der Waals surface area (Å²) in [6, 6.07) is 8.90. The molecule has 3 nitrogen and oxygen atoms in total. The monoisotopic (exact) mass is 323 g/mol. The molecule has 3 atom stereocenters. The Balaban J connectivity index is 0.00000220. The quantitative estimate of drug-likeness (QED) is 0.927. The minimum absolute atomic E-state index is 0. The standard InChI is InChI=1S/C14H16F3NO2.ClH/c1-9(10-5-3-2-4-6-10)18-7-11(13(19)20)12(8-18)14(15,16)17;/h2-6,9,11-12H,7-8H2,1H3,(H,19,20);1H/t9?,11-,12-;/m1./s1. The molecular formula is C14H17ClF3NO2. The maximum Gasteiger partial charge on any atom is 0.393 e. The lowest BCUT2D eigenvalue weighted by atomic mass is 9.96. The van der Waals surface area contributed by atoms with Crippen molar-refractivity contribution in [2.24, 2.45) is 11.8 Å². The van der Waals surface area contributed by atoms with Gasteiger partial charge >= 0.3 is 12.1 Å². The van der Waals surface area contributed by atoms with Crippen LogP contribution in [0.5, 0.6) is 0 Å². The third-order valence-corrected chi connectivity index (χ3v) is 3.92. The molecule has 0 aliphatic carbocycles. The molecule has 7 heteroatoms. The summed E-state index contributed by atoms with van der Waals surface area (Å²) in [4.78, 5) is 12.6. The molecule has 0 saturated carbocycles. The molecule has 0 aromatic heterocycles. The van der Waals surface area contributed by atoms with Gasteiger partial charge in [0, 0.05) is 19.1 Å². The summed E-state index contributed by atoms with van der Waals surface area (Å²) in [5.74, 6) is -4.57. The highest BCUT2D eigenvalue weighted by Gasteiger charge is 2.53. The van der Waals surface area contributed by atoms with Crippen LogP contribution in [-0.4, -0.2) is 35.2 Å². The Morgan fingerprint density at radius 1 is 1.29 bits per heavy atom. The van der Waals surface area contributed by atoms with Crippen molar-refractivity contribution in [1.29, 1.82) is 0 Å². The highest BCUT2D eigenvalue weighted by Crippen LogP contribution is 2.40. The van der Waals surface area contributed by atoms with Crippen molar-refractivity contribution in [3.8, 4) is 0 Å². The summed E-state index contributed by atoms with van der Waals surface area (Å²) >= 11 is 0. The first-order valence-electron chi connectivity index (χ1n) is 6.39. The first-order chi connectivity index (χ1) is 9.30. The number of hydrogen-bond acceptors (Lipinski definition) is 2. The molecule has 0 amide bonds. The number of aliphatic carboxylic acids is 1. The van der Waals surface area contributed by atoms with E-state index in [2.05, 4.69) is 0 Å². The Hall–Kier alpha value is -1.27. The van der Waals surface area contributed by atoms with Crippen LogP contribution in [0, 0.1) is 11.8 Å². The van der Waals surface area contributed by atoms with E-state index in [4.69, 9.17) is 5.11 Å². The Morgan fingerprint density at radius 3 is 2.29 bits per heavy atom. The van der Waals surface area contributed by atoms with E-state index in [1.807, 2.05) is 30.3 Å². The largest absolute Gasteiger partial charge is 0.481 e. The highest BCUT2D eigenvalue weighted by molar-refractivity contribution is 5.85. The number of carbonyl (C=O) groups is 1.